The average Bonchev–Trinajstić information content (AvgIpc) is 2.77. The minimum absolute atomic E-state index is 0.00574. The van der Waals surface area contributed by atoms with Crippen LogP contribution in [0, 0.1) is 0 Å². The number of ether oxygens (including phenoxy) is 2. The molecular formula is C20H25F2N5O2. The largest absolute Gasteiger partial charge is 0.491 e. The van der Waals surface area contributed by atoms with Crippen LogP contribution in [0.2, 0.25) is 0 Å². The molecule has 0 radical (unpaired) electrons. The number of alkyl halides is 2. The van der Waals surface area contributed by atoms with Crippen LogP contribution in [0.3, 0.4) is 0 Å². The molecule has 0 amide bonds. The van der Waals surface area contributed by atoms with Crippen molar-refractivity contribution in [3.05, 3.63) is 59.7 Å². The third-order valence-electron chi connectivity index (χ3n) is 3.61. The molecule has 2 rings (SSSR count). The van der Waals surface area contributed by atoms with Crippen molar-refractivity contribution in [1.82, 2.24) is 15.8 Å². The predicted molar refractivity (Wildman–Crippen MR) is 109 cm³/mol. The van der Waals surface area contributed by atoms with Gasteiger partial charge in [0.15, 0.2) is 11.7 Å². The zero-order valence-corrected chi connectivity index (χ0v) is 16.5. The van der Waals surface area contributed by atoms with Crippen LogP contribution in [0.4, 0.5) is 8.78 Å². The fraction of sp³-hybridized carbons (Fsp3) is 0.350. The van der Waals surface area contributed by atoms with Gasteiger partial charge in [-0.1, -0.05) is 19.1 Å². The molecule has 0 bridgehead atoms. The zero-order valence-electron chi connectivity index (χ0n) is 16.5. The molecule has 29 heavy (non-hydrogen) atoms. The number of hydrazone groups is 2. The number of amidine groups is 2. The number of allylic oxidation sites excluding steroid dienone is 4. The maximum atomic E-state index is 12.3. The number of hydrogen-bond donors (Lipinski definition) is 2. The standard InChI is InChI=1S/C20H25F2N5O2/c1-3-4-5-16(28-12-10-21)7-6-15(2)19-24-26-20(27-25-19)18-9-8-17(14-23-18)29-13-11-22/h4-9,14H,3,10-13H2,1-2H3,(H,24,25)(H,26,27)/b5-4+,15-6+,16-7+. The number of hydrogen-bond acceptors (Lipinski definition) is 7. The van der Waals surface area contributed by atoms with Gasteiger partial charge in [0.25, 0.3) is 0 Å². The van der Waals surface area contributed by atoms with E-state index in [0.717, 1.165) is 12.0 Å². The molecule has 2 N–H and O–H groups in total. The van der Waals surface area contributed by atoms with Gasteiger partial charge in [0.2, 0.25) is 0 Å². The summed E-state index contributed by atoms with van der Waals surface area (Å²) >= 11 is 0. The summed E-state index contributed by atoms with van der Waals surface area (Å²) in [5, 5.41) is 8.47. The molecule has 2 heterocycles. The molecule has 1 aliphatic heterocycles. The quantitative estimate of drug-likeness (QED) is 0.436. The molecule has 9 heteroatoms. The number of rotatable bonds is 11. The van der Waals surface area contributed by atoms with Crippen LogP contribution in [0.25, 0.3) is 0 Å². The average molecular weight is 405 g/mol. The van der Waals surface area contributed by atoms with Gasteiger partial charge in [0.05, 0.1) is 6.20 Å². The van der Waals surface area contributed by atoms with E-state index in [-0.39, 0.29) is 13.2 Å². The number of pyridine rings is 1. The van der Waals surface area contributed by atoms with Crippen molar-refractivity contribution in [1.29, 1.82) is 0 Å². The first-order chi connectivity index (χ1) is 14.2. The van der Waals surface area contributed by atoms with Crippen molar-refractivity contribution in [2.75, 3.05) is 26.6 Å². The first-order valence-electron chi connectivity index (χ1n) is 9.24. The monoisotopic (exact) mass is 405 g/mol. The summed E-state index contributed by atoms with van der Waals surface area (Å²) in [5.41, 5.74) is 7.06. The van der Waals surface area contributed by atoms with Gasteiger partial charge < -0.3 is 9.47 Å². The van der Waals surface area contributed by atoms with Crippen molar-refractivity contribution >= 4 is 11.7 Å². The number of nitrogens with zero attached hydrogens (tertiary/aromatic N) is 3. The maximum Gasteiger partial charge on any atom is 0.192 e. The lowest BCUT2D eigenvalue weighted by atomic mass is 10.2. The maximum absolute atomic E-state index is 12.3. The molecule has 1 aromatic rings. The van der Waals surface area contributed by atoms with Crippen molar-refractivity contribution in [2.45, 2.75) is 20.3 Å². The Bertz CT molecular complexity index is 802. The molecule has 1 aliphatic rings. The van der Waals surface area contributed by atoms with Crippen LogP contribution in [0.15, 0.2) is 64.2 Å². The van der Waals surface area contributed by atoms with E-state index in [9.17, 15) is 8.78 Å². The molecule has 0 atom stereocenters. The normalized spacial score (nSPS) is 14.8. The molecule has 1 aromatic heterocycles. The number of aromatic nitrogens is 1. The second-order valence-corrected chi connectivity index (χ2v) is 5.83. The lowest BCUT2D eigenvalue weighted by molar-refractivity contribution is 0.198. The fourth-order valence-corrected chi connectivity index (χ4v) is 2.15. The van der Waals surface area contributed by atoms with Crippen LogP contribution in [-0.4, -0.2) is 43.2 Å². The van der Waals surface area contributed by atoms with E-state index < -0.39 is 13.3 Å². The molecular weight excluding hydrogens is 380 g/mol. The molecule has 0 fully saturated rings. The smallest absolute Gasteiger partial charge is 0.192 e. The van der Waals surface area contributed by atoms with Gasteiger partial charge in [0.1, 0.15) is 43.8 Å². The van der Waals surface area contributed by atoms with Crippen LogP contribution >= 0.6 is 0 Å². The summed E-state index contributed by atoms with van der Waals surface area (Å²) in [6, 6.07) is 3.38. The highest BCUT2D eigenvalue weighted by Crippen LogP contribution is 2.10. The molecule has 7 nitrogen and oxygen atoms in total. The van der Waals surface area contributed by atoms with Gasteiger partial charge in [-0.2, -0.15) is 10.2 Å². The summed E-state index contributed by atoms with van der Waals surface area (Å²) < 4.78 is 35.0. The molecule has 0 saturated carbocycles. The first kappa shape index (κ1) is 22.1. The summed E-state index contributed by atoms with van der Waals surface area (Å²) in [7, 11) is 0. The van der Waals surface area contributed by atoms with Gasteiger partial charge in [-0.3, -0.25) is 10.9 Å². The first-order valence-corrected chi connectivity index (χ1v) is 9.24. The second kappa shape index (κ2) is 12.3. The van der Waals surface area contributed by atoms with Gasteiger partial charge in [-0.05, 0) is 43.2 Å². The summed E-state index contributed by atoms with van der Waals surface area (Å²) in [6.07, 6.45) is 9.63. The SMILES string of the molecule is CC/C=C/C(=C\C=C(/C)C1=NNC(c2ccc(OCCF)cn2)=NN1)OCCF. The highest BCUT2D eigenvalue weighted by Gasteiger charge is 2.12. The molecule has 0 unspecified atom stereocenters. The summed E-state index contributed by atoms with van der Waals surface area (Å²) in [4.78, 5) is 4.21. The Morgan fingerprint density at radius 2 is 1.93 bits per heavy atom. The van der Waals surface area contributed by atoms with E-state index in [1.54, 1.807) is 30.4 Å². The predicted octanol–water partition coefficient (Wildman–Crippen LogP) is 3.38. The van der Waals surface area contributed by atoms with Gasteiger partial charge >= 0.3 is 0 Å². The molecule has 156 valence electrons. The highest BCUT2D eigenvalue weighted by molar-refractivity contribution is 6.04. The van der Waals surface area contributed by atoms with Crippen molar-refractivity contribution in [2.24, 2.45) is 10.2 Å². The Morgan fingerprint density at radius 1 is 1.10 bits per heavy atom. The van der Waals surface area contributed by atoms with E-state index in [1.165, 1.54) is 6.20 Å². The minimum atomic E-state index is -0.558. The minimum Gasteiger partial charge on any atom is -0.491 e. The molecule has 0 spiro atoms. The zero-order chi connectivity index (χ0) is 20.9. The number of halogens is 2. The van der Waals surface area contributed by atoms with Crippen molar-refractivity contribution in [3.8, 4) is 5.75 Å². The van der Waals surface area contributed by atoms with Gasteiger partial charge in [-0.25, -0.2) is 13.8 Å². The van der Waals surface area contributed by atoms with Crippen molar-refractivity contribution in [3.63, 3.8) is 0 Å². The summed E-state index contributed by atoms with van der Waals surface area (Å²) in [5.74, 6) is 2.01. The Balaban J connectivity index is 2.00. The van der Waals surface area contributed by atoms with E-state index in [1.807, 2.05) is 19.9 Å². The lowest BCUT2D eigenvalue weighted by Gasteiger charge is -2.15. The van der Waals surface area contributed by atoms with Crippen LogP contribution < -0.4 is 15.6 Å². The second-order valence-electron chi connectivity index (χ2n) is 5.83. The Labute approximate surface area is 168 Å². The van der Waals surface area contributed by atoms with E-state index in [2.05, 4.69) is 26.0 Å². The highest BCUT2D eigenvalue weighted by atomic mass is 19.1. The van der Waals surface area contributed by atoms with Crippen LogP contribution in [0.1, 0.15) is 26.0 Å². The Kier molecular flexibility index (Phi) is 9.34. The van der Waals surface area contributed by atoms with Crippen molar-refractivity contribution < 1.29 is 18.3 Å². The third kappa shape index (κ3) is 7.36. The summed E-state index contributed by atoms with van der Waals surface area (Å²) in [6.45, 7) is 2.75. The van der Waals surface area contributed by atoms with E-state index in [4.69, 9.17) is 9.47 Å². The van der Waals surface area contributed by atoms with Gasteiger partial charge in [0, 0.05) is 0 Å². The molecule has 0 aliphatic carbocycles. The Morgan fingerprint density at radius 3 is 2.55 bits per heavy atom. The van der Waals surface area contributed by atoms with E-state index >= 15 is 0 Å². The lowest BCUT2D eigenvalue weighted by Crippen LogP contribution is -2.35. The Hall–Kier alpha value is -3.23. The molecule has 0 aromatic carbocycles. The third-order valence-corrected chi connectivity index (χ3v) is 3.61. The van der Waals surface area contributed by atoms with E-state index in [0.29, 0.717) is 28.9 Å². The number of nitrogens with one attached hydrogen (secondary N) is 2. The van der Waals surface area contributed by atoms with Gasteiger partial charge in [-0.15, -0.1) is 0 Å². The topological polar surface area (TPSA) is 80.1 Å². The fourth-order valence-electron chi connectivity index (χ4n) is 2.15. The molecule has 0 saturated heterocycles. The van der Waals surface area contributed by atoms with Crippen LogP contribution in [0.5, 0.6) is 5.75 Å². The van der Waals surface area contributed by atoms with Crippen LogP contribution in [-0.2, 0) is 4.74 Å².